The maximum Gasteiger partial charge on any atom is 0.236 e. The highest BCUT2D eigenvalue weighted by Gasteiger charge is 2.24. The van der Waals surface area contributed by atoms with E-state index in [0.29, 0.717) is 23.7 Å². The minimum atomic E-state index is 0.299. The van der Waals surface area contributed by atoms with Crippen LogP contribution in [0.4, 0.5) is 0 Å². The molecule has 1 atom stereocenters. The van der Waals surface area contributed by atoms with Crippen molar-refractivity contribution < 1.29 is 4.79 Å². The van der Waals surface area contributed by atoms with Crippen LogP contribution in [0.15, 0.2) is 0 Å². The first-order chi connectivity index (χ1) is 8.15. The third-order valence-electron chi connectivity index (χ3n) is 3.58. The minimum absolute atomic E-state index is 0.299. The molecule has 98 valence electrons. The lowest BCUT2D eigenvalue weighted by atomic mass is 10.1. The van der Waals surface area contributed by atoms with E-state index in [2.05, 4.69) is 11.8 Å². The van der Waals surface area contributed by atoms with Gasteiger partial charge in [-0.05, 0) is 12.8 Å². The second-order valence-corrected chi connectivity index (χ2v) is 6.68. The lowest BCUT2D eigenvalue weighted by Gasteiger charge is -2.34. The van der Waals surface area contributed by atoms with Crippen LogP contribution in [-0.2, 0) is 4.79 Å². The highest BCUT2D eigenvalue weighted by atomic mass is 32.2. The number of carbonyl (C=O) groups is 1. The molecule has 2 aliphatic rings. The number of nitrogens with two attached hydrogens (primary N) is 1. The van der Waals surface area contributed by atoms with Gasteiger partial charge in [-0.3, -0.25) is 9.69 Å². The molecule has 0 bridgehead atoms. The zero-order valence-electron chi connectivity index (χ0n) is 10.6. The SMILES string of the molecule is CC1CN(C(=O)CN2CCC(N)CC2)CCS1. The van der Waals surface area contributed by atoms with Crippen molar-refractivity contribution in [1.82, 2.24) is 9.80 Å². The summed E-state index contributed by atoms with van der Waals surface area (Å²) >= 11 is 1.96. The summed E-state index contributed by atoms with van der Waals surface area (Å²) < 4.78 is 0. The molecule has 4 nitrogen and oxygen atoms in total. The molecule has 1 amide bonds. The number of piperidine rings is 1. The monoisotopic (exact) mass is 257 g/mol. The predicted octanol–water partition coefficient (Wildman–Crippen LogP) is 0.373. The highest BCUT2D eigenvalue weighted by Crippen LogP contribution is 2.18. The van der Waals surface area contributed by atoms with E-state index in [1.807, 2.05) is 16.7 Å². The average molecular weight is 257 g/mol. The molecule has 0 aliphatic carbocycles. The van der Waals surface area contributed by atoms with E-state index in [0.717, 1.165) is 44.8 Å². The quantitative estimate of drug-likeness (QED) is 0.777. The van der Waals surface area contributed by atoms with Gasteiger partial charge in [0, 0.05) is 43.2 Å². The van der Waals surface area contributed by atoms with Crippen LogP contribution in [0.25, 0.3) is 0 Å². The van der Waals surface area contributed by atoms with Gasteiger partial charge in [0.25, 0.3) is 0 Å². The largest absolute Gasteiger partial charge is 0.340 e. The number of likely N-dealkylation sites (tertiary alicyclic amines) is 1. The van der Waals surface area contributed by atoms with Crippen molar-refractivity contribution in [3.63, 3.8) is 0 Å². The summed E-state index contributed by atoms with van der Waals surface area (Å²) in [7, 11) is 0. The zero-order chi connectivity index (χ0) is 12.3. The van der Waals surface area contributed by atoms with Crippen molar-refractivity contribution in [3.8, 4) is 0 Å². The molecule has 2 N–H and O–H groups in total. The molecule has 0 spiro atoms. The summed E-state index contributed by atoms with van der Waals surface area (Å²) in [5.41, 5.74) is 5.86. The Hall–Kier alpha value is -0.260. The first-order valence-corrected chi connectivity index (χ1v) is 7.57. The third-order valence-corrected chi connectivity index (χ3v) is 4.72. The Morgan fingerprint density at radius 3 is 2.71 bits per heavy atom. The van der Waals surface area contributed by atoms with Crippen LogP contribution in [0, 0.1) is 0 Å². The molecule has 2 aliphatic heterocycles. The number of hydrogen-bond acceptors (Lipinski definition) is 4. The summed E-state index contributed by atoms with van der Waals surface area (Å²) in [6.07, 6.45) is 2.05. The first kappa shape index (κ1) is 13.2. The second-order valence-electron chi connectivity index (χ2n) is 5.13. The topological polar surface area (TPSA) is 49.6 Å². The van der Waals surface area contributed by atoms with Crippen molar-refractivity contribution >= 4 is 17.7 Å². The van der Waals surface area contributed by atoms with Crippen LogP contribution in [0.5, 0.6) is 0 Å². The summed E-state index contributed by atoms with van der Waals surface area (Å²) in [5, 5.41) is 0.586. The normalized spacial score (nSPS) is 28.4. The van der Waals surface area contributed by atoms with Crippen LogP contribution in [-0.4, -0.2) is 65.5 Å². The number of hydrogen-bond donors (Lipinski definition) is 1. The Morgan fingerprint density at radius 2 is 2.06 bits per heavy atom. The van der Waals surface area contributed by atoms with Crippen LogP contribution in [0.1, 0.15) is 19.8 Å². The van der Waals surface area contributed by atoms with Gasteiger partial charge in [-0.1, -0.05) is 6.92 Å². The number of amides is 1. The van der Waals surface area contributed by atoms with E-state index >= 15 is 0 Å². The summed E-state index contributed by atoms with van der Waals surface area (Å²) in [4.78, 5) is 16.4. The van der Waals surface area contributed by atoms with E-state index in [4.69, 9.17) is 5.73 Å². The van der Waals surface area contributed by atoms with E-state index in [1.54, 1.807) is 0 Å². The van der Waals surface area contributed by atoms with Gasteiger partial charge >= 0.3 is 0 Å². The van der Waals surface area contributed by atoms with Crippen molar-refractivity contribution in [2.75, 3.05) is 38.5 Å². The summed E-state index contributed by atoms with van der Waals surface area (Å²) in [5.74, 6) is 1.38. The summed E-state index contributed by atoms with van der Waals surface area (Å²) in [6.45, 7) is 6.57. The molecule has 2 rings (SSSR count). The molecule has 0 aromatic rings. The van der Waals surface area contributed by atoms with Crippen LogP contribution < -0.4 is 5.73 Å². The number of nitrogens with zero attached hydrogens (tertiary/aromatic N) is 2. The van der Waals surface area contributed by atoms with Crippen LogP contribution in [0.3, 0.4) is 0 Å². The molecular weight excluding hydrogens is 234 g/mol. The van der Waals surface area contributed by atoms with Gasteiger partial charge in [-0.2, -0.15) is 11.8 Å². The number of thioether (sulfide) groups is 1. The van der Waals surface area contributed by atoms with Crippen LogP contribution in [0.2, 0.25) is 0 Å². The van der Waals surface area contributed by atoms with Crippen molar-refractivity contribution in [2.45, 2.75) is 31.1 Å². The fourth-order valence-corrected chi connectivity index (χ4v) is 3.46. The van der Waals surface area contributed by atoms with Gasteiger partial charge in [-0.15, -0.1) is 0 Å². The lowest BCUT2D eigenvalue weighted by Crippen LogP contribution is -2.48. The van der Waals surface area contributed by atoms with Gasteiger partial charge in [0.1, 0.15) is 0 Å². The van der Waals surface area contributed by atoms with E-state index in [1.165, 1.54) is 0 Å². The van der Waals surface area contributed by atoms with Gasteiger partial charge in [-0.25, -0.2) is 0 Å². The molecule has 2 fully saturated rings. The zero-order valence-corrected chi connectivity index (χ0v) is 11.4. The molecule has 0 radical (unpaired) electrons. The Labute approximate surface area is 108 Å². The Bertz CT molecular complexity index is 266. The van der Waals surface area contributed by atoms with Crippen molar-refractivity contribution in [2.24, 2.45) is 5.73 Å². The number of carbonyl (C=O) groups excluding carboxylic acids is 1. The Morgan fingerprint density at radius 1 is 1.35 bits per heavy atom. The average Bonchev–Trinajstić information content (AvgIpc) is 2.32. The van der Waals surface area contributed by atoms with E-state index < -0.39 is 0 Å². The molecule has 0 saturated carbocycles. The third kappa shape index (κ3) is 3.86. The second kappa shape index (κ2) is 6.07. The van der Waals surface area contributed by atoms with Crippen LogP contribution >= 0.6 is 11.8 Å². The lowest BCUT2D eigenvalue weighted by molar-refractivity contribution is -0.132. The first-order valence-electron chi connectivity index (χ1n) is 6.52. The summed E-state index contributed by atoms with van der Waals surface area (Å²) in [6, 6.07) is 0.341. The van der Waals surface area contributed by atoms with Gasteiger partial charge in [0.15, 0.2) is 0 Å². The Kier molecular flexibility index (Phi) is 4.70. The van der Waals surface area contributed by atoms with Crippen molar-refractivity contribution in [1.29, 1.82) is 0 Å². The molecule has 1 unspecified atom stereocenters. The van der Waals surface area contributed by atoms with Gasteiger partial charge < -0.3 is 10.6 Å². The molecular formula is C12H23N3OS. The fourth-order valence-electron chi connectivity index (χ4n) is 2.45. The Balaban J connectivity index is 1.76. The molecule has 2 saturated heterocycles. The standard InChI is InChI=1S/C12H23N3OS/c1-10-8-15(6-7-17-10)12(16)9-14-4-2-11(13)3-5-14/h10-11H,2-9,13H2,1H3. The molecule has 0 aromatic carbocycles. The van der Waals surface area contributed by atoms with E-state index in [-0.39, 0.29) is 0 Å². The van der Waals surface area contributed by atoms with Gasteiger partial charge in [0.05, 0.1) is 6.54 Å². The van der Waals surface area contributed by atoms with Crippen molar-refractivity contribution in [3.05, 3.63) is 0 Å². The fraction of sp³-hybridized carbons (Fsp3) is 0.917. The number of rotatable bonds is 2. The highest BCUT2D eigenvalue weighted by molar-refractivity contribution is 7.99. The molecule has 5 heteroatoms. The maximum atomic E-state index is 12.1. The molecule has 17 heavy (non-hydrogen) atoms. The maximum absolute atomic E-state index is 12.1. The van der Waals surface area contributed by atoms with Gasteiger partial charge in [0.2, 0.25) is 5.91 Å². The predicted molar refractivity (Wildman–Crippen MR) is 72.1 cm³/mol. The molecule has 2 heterocycles. The molecule has 0 aromatic heterocycles. The minimum Gasteiger partial charge on any atom is -0.340 e. The smallest absolute Gasteiger partial charge is 0.236 e. The van der Waals surface area contributed by atoms with E-state index in [9.17, 15) is 4.79 Å².